The van der Waals surface area contributed by atoms with E-state index in [1.165, 1.54) is 30.5 Å². The molecule has 6 nitrogen and oxygen atoms in total. The van der Waals surface area contributed by atoms with Crippen LogP contribution in [0.2, 0.25) is 0 Å². The second-order valence-corrected chi connectivity index (χ2v) is 5.24. The Morgan fingerprint density at radius 1 is 1.59 bits per heavy atom. The van der Waals surface area contributed by atoms with Crippen molar-refractivity contribution in [2.24, 2.45) is 0 Å². The highest BCUT2D eigenvalue weighted by Gasteiger charge is 2.13. The first-order valence-electron chi connectivity index (χ1n) is 5.70. The summed E-state index contributed by atoms with van der Waals surface area (Å²) >= 11 is 2.00. The number of carbonyl (C=O) groups is 1. The number of hydrogen-bond donors (Lipinski definition) is 2. The molecule has 0 radical (unpaired) electrons. The van der Waals surface area contributed by atoms with Crippen molar-refractivity contribution in [2.45, 2.75) is 25.4 Å². The number of rotatable bonds is 5. The van der Waals surface area contributed by atoms with E-state index < -0.39 is 5.97 Å². The van der Waals surface area contributed by atoms with Crippen LogP contribution in [0.15, 0.2) is 6.20 Å². The Balaban J connectivity index is 1.71. The lowest BCUT2D eigenvalue weighted by Gasteiger charge is -2.22. The van der Waals surface area contributed by atoms with Crippen LogP contribution in [0.3, 0.4) is 0 Å². The first-order chi connectivity index (χ1) is 8.25. The molecule has 1 aromatic heterocycles. The molecular formula is C10H16N4O2S. The molecule has 0 atom stereocenters. The van der Waals surface area contributed by atoms with Crippen molar-refractivity contribution in [1.29, 1.82) is 0 Å². The summed E-state index contributed by atoms with van der Waals surface area (Å²) in [7, 11) is 0. The third-order valence-corrected chi connectivity index (χ3v) is 3.80. The quantitative estimate of drug-likeness (QED) is 0.797. The number of aromatic carboxylic acids is 1. The SMILES string of the molecule is O=C(O)c1cn(CCNC2CCSCC2)nn1. The highest BCUT2D eigenvalue weighted by molar-refractivity contribution is 7.99. The number of carboxylic acids is 1. The van der Waals surface area contributed by atoms with E-state index in [1.54, 1.807) is 4.68 Å². The van der Waals surface area contributed by atoms with Gasteiger partial charge >= 0.3 is 5.97 Å². The molecule has 1 saturated heterocycles. The molecule has 0 aromatic carbocycles. The van der Waals surface area contributed by atoms with Gasteiger partial charge in [0, 0.05) is 12.6 Å². The number of nitrogens with zero attached hydrogens (tertiary/aromatic N) is 3. The highest BCUT2D eigenvalue weighted by Crippen LogP contribution is 2.16. The van der Waals surface area contributed by atoms with Gasteiger partial charge in [-0.3, -0.25) is 4.68 Å². The number of hydrogen-bond acceptors (Lipinski definition) is 5. The molecule has 94 valence electrons. The third-order valence-electron chi connectivity index (χ3n) is 2.75. The van der Waals surface area contributed by atoms with Gasteiger partial charge in [-0.25, -0.2) is 4.79 Å². The van der Waals surface area contributed by atoms with Crippen molar-refractivity contribution >= 4 is 17.7 Å². The Morgan fingerprint density at radius 2 is 2.35 bits per heavy atom. The van der Waals surface area contributed by atoms with Crippen LogP contribution < -0.4 is 5.32 Å². The topological polar surface area (TPSA) is 80.0 Å². The van der Waals surface area contributed by atoms with Crippen molar-refractivity contribution in [3.63, 3.8) is 0 Å². The Bertz CT molecular complexity index is 376. The van der Waals surface area contributed by atoms with Gasteiger partial charge in [0.2, 0.25) is 0 Å². The lowest BCUT2D eigenvalue weighted by Crippen LogP contribution is -2.34. The van der Waals surface area contributed by atoms with Gasteiger partial charge in [0.05, 0.1) is 12.7 Å². The average Bonchev–Trinajstić information content (AvgIpc) is 2.79. The van der Waals surface area contributed by atoms with Crippen LogP contribution in [0.25, 0.3) is 0 Å². The van der Waals surface area contributed by atoms with Gasteiger partial charge in [-0.05, 0) is 24.3 Å². The van der Waals surface area contributed by atoms with Crippen LogP contribution in [0.4, 0.5) is 0 Å². The summed E-state index contributed by atoms with van der Waals surface area (Å²) in [6, 6.07) is 0.596. The lowest BCUT2D eigenvalue weighted by atomic mass is 10.1. The zero-order valence-electron chi connectivity index (χ0n) is 9.50. The predicted octanol–water partition coefficient (Wildman–Crippen LogP) is 0.461. The molecule has 0 spiro atoms. The third kappa shape index (κ3) is 3.71. The molecule has 2 heterocycles. The minimum Gasteiger partial charge on any atom is -0.476 e. The van der Waals surface area contributed by atoms with Gasteiger partial charge in [0.25, 0.3) is 0 Å². The van der Waals surface area contributed by atoms with E-state index in [9.17, 15) is 4.79 Å². The summed E-state index contributed by atoms with van der Waals surface area (Å²) in [5, 5.41) is 19.5. The number of nitrogens with one attached hydrogen (secondary N) is 1. The molecule has 1 aromatic rings. The van der Waals surface area contributed by atoms with E-state index >= 15 is 0 Å². The van der Waals surface area contributed by atoms with Gasteiger partial charge in [-0.15, -0.1) is 5.10 Å². The predicted molar refractivity (Wildman–Crippen MR) is 65.3 cm³/mol. The maximum absolute atomic E-state index is 10.6. The fourth-order valence-electron chi connectivity index (χ4n) is 1.79. The molecule has 1 aliphatic rings. The summed E-state index contributed by atoms with van der Waals surface area (Å²) in [6.45, 7) is 1.46. The molecule has 1 aliphatic heterocycles. The minimum atomic E-state index is -1.03. The number of thioether (sulfide) groups is 1. The normalized spacial score (nSPS) is 17.2. The van der Waals surface area contributed by atoms with Crippen molar-refractivity contribution in [2.75, 3.05) is 18.1 Å². The standard InChI is InChI=1S/C10H16N4O2S/c15-10(16)9-7-14(13-12-9)4-3-11-8-1-5-17-6-2-8/h7-8,11H,1-6H2,(H,15,16). The van der Waals surface area contributed by atoms with E-state index in [-0.39, 0.29) is 5.69 Å². The molecule has 7 heteroatoms. The van der Waals surface area contributed by atoms with E-state index in [0.717, 1.165) is 6.54 Å². The fraction of sp³-hybridized carbons (Fsp3) is 0.700. The molecule has 0 aliphatic carbocycles. The maximum atomic E-state index is 10.6. The first kappa shape index (κ1) is 12.4. The molecular weight excluding hydrogens is 240 g/mol. The van der Waals surface area contributed by atoms with Crippen molar-refractivity contribution < 1.29 is 9.90 Å². The van der Waals surface area contributed by atoms with E-state index in [0.29, 0.717) is 12.6 Å². The Kier molecular flexibility index (Phi) is 4.38. The van der Waals surface area contributed by atoms with E-state index in [2.05, 4.69) is 15.6 Å². The number of aromatic nitrogens is 3. The van der Waals surface area contributed by atoms with Gasteiger partial charge in [0.15, 0.2) is 5.69 Å². The second kappa shape index (κ2) is 6.02. The zero-order chi connectivity index (χ0) is 12.1. The Labute approximate surface area is 104 Å². The second-order valence-electron chi connectivity index (χ2n) is 4.01. The molecule has 2 rings (SSSR count). The molecule has 0 unspecified atom stereocenters. The van der Waals surface area contributed by atoms with Crippen LogP contribution in [-0.2, 0) is 6.54 Å². The maximum Gasteiger partial charge on any atom is 0.358 e. The van der Waals surface area contributed by atoms with Crippen LogP contribution in [0, 0.1) is 0 Å². The van der Waals surface area contributed by atoms with Gasteiger partial charge in [-0.1, -0.05) is 5.21 Å². The molecule has 1 fully saturated rings. The summed E-state index contributed by atoms with van der Waals surface area (Å²) in [5.74, 6) is 1.42. The van der Waals surface area contributed by atoms with E-state index in [4.69, 9.17) is 5.11 Å². The lowest BCUT2D eigenvalue weighted by molar-refractivity contribution is 0.0690. The first-order valence-corrected chi connectivity index (χ1v) is 6.86. The summed E-state index contributed by atoms with van der Waals surface area (Å²) in [6.07, 6.45) is 3.88. The minimum absolute atomic E-state index is 0.000864. The summed E-state index contributed by atoms with van der Waals surface area (Å²) in [5.41, 5.74) is -0.000864. The van der Waals surface area contributed by atoms with Crippen LogP contribution in [-0.4, -0.2) is 50.2 Å². The van der Waals surface area contributed by atoms with Gasteiger partial charge in [0.1, 0.15) is 0 Å². The van der Waals surface area contributed by atoms with Gasteiger partial charge < -0.3 is 10.4 Å². The van der Waals surface area contributed by atoms with Gasteiger partial charge in [-0.2, -0.15) is 11.8 Å². The Hall–Kier alpha value is -1.08. The largest absolute Gasteiger partial charge is 0.476 e. The fourth-order valence-corrected chi connectivity index (χ4v) is 2.90. The molecule has 0 bridgehead atoms. The Morgan fingerprint density at radius 3 is 3.00 bits per heavy atom. The molecule has 2 N–H and O–H groups in total. The highest BCUT2D eigenvalue weighted by atomic mass is 32.2. The number of carboxylic acid groups (broad SMARTS) is 1. The van der Waals surface area contributed by atoms with Crippen LogP contribution >= 0.6 is 11.8 Å². The van der Waals surface area contributed by atoms with E-state index in [1.807, 2.05) is 11.8 Å². The van der Waals surface area contributed by atoms with Crippen LogP contribution in [0.1, 0.15) is 23.3 Å². The zero-order valence-corrected chi connectivity index (χ0v) is 10.3. The van der Waals surface area contributed by atoms with Crippen LogP contribution in [0.5, 0.6) is 0 Å². The molecule has 0 saturated carbocycles. The summed E-state index contributed by atoms with van der Waals surface area (Å²) in [4.78, 5) is 10.6. The monoisotopic (exact) mass is 256 g/mol. The smallest absolute Gasteiger partial charge is 0.358 e. The molecule has 17 heavy (non-hydrogen) atoms. The van der Waals surface area contributed by atoms with Crippen molar-refractivity contribution in [3.05, 3.63) is 11.9 Å². The van der Waals surface area contributed by atoms with Crippen molar-refractivity contribution in [1.82, 2.24) is 20.3 Å². The molecule has 0 amide bonds. The van der Waals surface area contributed by atoms with Crippen molar-refractivity contribution in [3.8, 4) is 0 Å². The average molecular weight is 256 g/mol. The summed E-state index contributed by atoms with van der Waals surface area (Å²) < 4.78 is 1.56.